The first-order chi connectivity index (χ1) is 6.56. The molecule has 0 saturated carbocycles. The minimum Gasteiger partial charge on any atom is -0.379 e. The molecule has 14 heavy (non-hydrogen) atoms. The van der Waals surface area contributed by atoms with Gasteiger partial charge in [-0.25, -0.2) is 0 Å². The van der Waals surface area contributed by atoms with Crippen LogP contribution in [0.15, 0.2) is 24.3 Å². The van der Waals surface area contributed by atoms with Gasteiger partial charge in [0.25, 0.3) is 0 Å². The van der Waals surface area contributed by atoms with Gasteiger partial charge in [0.15, 0.2) is 0 Å². The second-order valence-corrected chi connectivity index (χ2v) is 4.00. The summed E-state index contributed by atoms with van der Waals surface area (Å²) in [4.78, 5) is 0. The van der Waals surface area contributed by atoms with Crippen LogP contribution in [0.25, 0.3) is 0 Å². The van der Waals surface area contributed by atoms with Gasteiger partial charge < -0.3 is 10.5 Å². The van der Waals surface area contributed by atoms with Crippen molar-refractivity contribution in [1.29, 1.82) is 0 Å². The van der Waals surface area contributed by atoms with Crippen molar-refractivity contribution in [3.05, 3.63) is 34.9 Å². The van der Waals surface area contributed by atoms with Crippen LogP contribution in [0.2, 0.25) is 5.02 Å². The fourth-order valence-electron chi connectivity index (χ4n) is 1.23. The van der Waals surface area contributed by atoms with Gasteiger partial charge in [0, 0.05) is 11.6 Å². The lowest BCUT2D eigenvalue weighted by atomic mass is 9.94. The second kappa shape index (κ2) is 4.78. The summed E-state index contributed by atoms with van der Waals surface area (Å²) in [6.07, 6.45) is 0. The second-order valence-electron chi connectivity index (χ2n) is 3.56. The number of ether oxygens (including phenoxy) is 1. The van der Waals surface area contributed by atoms with E-state index in [1.807, 2.05) is 38.1 Å². The summed E-state index contributed by atoms with van der Waals surface area (Å²) in [6, 6.07) is 7.55. The summed E-state index contributed by atoms with van der Waals surface area (Å²) >= 11 is 5.79. The van der Waals surface area contributed by atoms with Gasteiger partial charge in [-0.2, -0.15) is 0 Å². The van der Waals surface area contributed by atoms with Crippen molar-refractivity contribution in [2.75, 3.05) is 13.2 Å². The molecule has 0 bridgehead atoms. The highest BCUT2D eigenvalue weighted by Crippen LogP contribution is 2.20. The van der Waals surface area contributed by atoms with Gasteiger partial charge in [-0.3, -0.25) is 0 Å². The third-order valence-corrected chi connectivity index (χ3v) is 2.36. The Balaban J connectivity index is 2.75. The summed E-state index contributed by atoms with van der Waals surface area (Å²) < 4.78 is 5.32. The molecule has 0 fully saturated rings. The van der Waals surface area contributed by atoms with Crippen LogP contribution in [-0.2, 0) is 10.3 Å². The maximum Gasteiger partial charge on any atom is 0.0685 e. The van der Waals surface area contributed by atoms with Crippen LogP contribution in [0.3, 0.4) is 0 Å². The Hall–Kier alpha value is -0.570. The van der Waals surface area contributed by atoms with Crippen molar-refractivity contribution in [2.24, 2.45) is 5.73 Å². The summed E-state index contributed by atoms with van der Waals surface area (Å²) in [5.74, 6) is 0. The van der Waals surface area contributed by atoms with Crippen molar-refractivity contribution >= 4 is 11.6 Å². The minimum absolute atomic E-state index is 0.444. The number of halogens is 1. The topological polar surface area (TPSA) is 35.2 Å². The van der Waals surface area contributed by atoms with Gasteiger partial charge in [0.1, 0.15) is 0 Å². The molecule has 1 atom stereocenters. The number of benzene rings is 1. The largest absolute Gasteiger partial charge is 0.379 e. The van der Waals surface area contributed by atoms with Gasteiger partial charge in [0.2, 0.25) is 0 Å². The maximum absolute atomic E-state index is 6.11. The highest BCUT2D eigenvalue weighted by Gasteiger charge is 2.20. The molecule has 78 valence electrons. The molecule has 0 radical (unpaired) electrons. The van der Waals surface area contributed by atoms with E-state index in [1.165, 1.54) is 0 Å². The molecule has 1 unspecified atom stereocenters. The van der Waals surface area contributed by atoms with Crippen LogP contribution >= 0.6 is 11.6 Å². The van der Waals surface area contributed by atoms with Crippen LogP contribution in [0.4, 0.5) is 0 Å². The first kappa shape index (κ1) is 11.5. The van der Waals surface area contributed by atoms with Gasteiger partial charge >= 0.3 is 0 Å². The van der Waals surface area contributed by atoms with Crippen LogP contribution < -0.4 is 5.73 Å². The first-order valence-electron chi connectivity index (χ1n) is 4.69. The highest BCUT2D eigenvalue weighted by molar-refractivity contribution is 6.30. The van der Waals surface area contributed by atoms with Gasteiger partial charge in [-0.1, -0.05) is 23.7 Å². The standard InChI is InChI=1S/C11H16ClNO/c1-3-14-8-11(2,13)9-4-6-10(12)7-5-9/h4-7H,3,8,13H2,1-2H3. The number of nitrogens with two attached hydrogens (primary N) is 1. The number of hydrogen-bond donors (Lipinski definition) is 1. The Morgan fingerprint density at radius 2 is 1.93 bits per heavy atom. The molecular weight excluding hydrogens is 198 g/mol. The SMILES string of the molecule is CCOCC(C)(N)c1ccc(Cl)cc1. The fraction of sp³-hybridized carbons (Fsp3) is 0.455. The van der Waals surface area contributed by atoms with E-state index in [1.54, 1.807) is 0 Å². The lowest BCUT2D eigenvalue weighted by molar-refractivity contribution is 0.101. The molecule has 0 aromatic heterocycles. The van der Waals surface area contributed by atoms with E-state index >= 15 is 0 Å². The molecule has 0 heterocycles. The van der Waals surface area contributed by atoms with Crippen molar-refractivity contribution in [3.8, 4) is 0 Å². The Kier molecular flexibility index (Phi) is 3.93. The van der Waals surface area contributed by atoms with Crippen LogP contribution in [0.5, 0.6) is 0 Å². The smallest absolute Gasteiger partial charge is 0.0685 e. The zero-order valence-electron chi connectivity index (χ0n) is 8.59. The molecule has 2 N–H and O–H groups in total. The first-order valence-corrected chi connectivity index (χ1v) is 5.06. The molecule has 1 aromatic rings. The molecule has 2 nitrogen and oxygen atoms in total. The van der Waals surface area contributed by atoms with E-state index in [4.69, 9.17) is 22.1 Å². The zero-order chi connectivity index (χ0) is 10.6. The monoisotopic (exact) mass is 213 g/mol. The zero-order valence-corrected chi connectivity index (χ0v) is 9.34. The molecule has 0 aliphatic heterocycles. The molecule has 0 aliphatic carbocycles. The predicted octanol–water partition coefficient (Wildman–Crippen LogP) is 2.55. The summed E-state index contributed by atoms with van der Waals surface area (Å²) in [5.41, 5.74) is 6.70. The third-order valence-electron chi connectivity index (χ3n) is 2.11. The lowest BCUT2D eigenvalue weighted by Gasteiger charge is -2.24. The quantitative estimate of drug-likeness (QED) is 0.835. The van der Waals surface area contributed by atoms with Crippen LogP contribution in [0.1, 0.15) is 19.4 Å². The van der Waals surface area contributed by atoms with E-state index in [0.717, 1.165) is 10.6 Å². The minimum atomic E-state index is -0.444. The molecule has 0 saturated heterocycles. The van der Waals surface area contributed by atoms with Crippen molar-refractivity contribution < 1.29 is 4.74 Å². The van der Waals surface area contributed by atoms with Gasteiger partial charge in [-0.15, -0.1) is 0 Å². The molecule has 1 rings (SSSR count). The maximum atomic E-state index is 6.11. The summed E-state index contributed by atoms with van der Waals surface area (Å²) in [5, 5.41) is 0.723. The van der Waals surface area contributed by atoms with E-state index < -0.39 is 5.54 Å². The molecule has 1 aromatic carbocycles. The molecule has 3 heteroatoms. The highest BCUT2D eigenvalue weighted by atomic mass is 35.5. The van der Waals surface area contributed by atoms with Crippen LogP contribution in [-0.4, -0.2) is 13.2 Å². The fourth-order valence-corrected chi connectivity index (χ4v) is 1.35. The number of rotatable bonds is 4. The average molecular weight is 214 g/mol. The van der Waals surface area contributed by atoms with E-state index in [-0.39, 0.29) is 0 Å². The Labute approximate surface area is 90.0 Å². The Morgan fingerprint density at radius 1 is 1.36 bits per heavy atom. The van der Waals surface area contributed by atoms with Gasteiger partial charge in [0.05, 0.1) is 12.1 Å². The Bertz CT molecular complexity index is 282. The van der Waals surface area contributed by atoms with E-state index in [9.17, 15) is 0 Å². The molecule has 0 aliphatic rings. The van der Waals surface area contributed by atoms with Crippen molar-refractivity contribution in [3.63, 3.8) is 0 Å². The van der Waals surface area contributed by atoms with Crippen molar-refractivity contribution in [2.45, 2.75) is 19.4 Å². The number of hydrogen-bond acceptors (Lipinski definition) is 2. The summed E-state index contributed by atoms with van der Waals surface area (Å²) in [6.45, 7) is 5.11. The predicted molar refractivity (Wildman–Crippen MR) is 59.5 cm³/mol. The van der Waals surface area contributed by atoms with Crippen LogP contribution in [0, 0.1) is 0 Å². The van der Waals surface area contributed by atoms with E-state index in [0.29, 0.717) is 13.2 Å². The van der Waals surface area contributed by atoms with Crippen molar-refractivity contribution in [1.82, 2.24) is 0 Å². The summed E-state index contributed by atoms with van der Waals surface area (Å²) in [7, 11) is 0. The molecule has 0 amide bonds. The third kappa shape index (κ3) is 2.98. The van der Waals surface area contributed by atoms with E-state index in [2.05, 4.69) is 0 Å². The van der Waals surface area contributed by atoms with Gasteiger partial charge in [-0.05, 0) is 31.5 Å². The lowest BCUT2D eigenvalue weighted by Crippen LogP contribution is -2.38. The Morgan fingerprint density at radius 3 is 2.43 bits per heavy atom. The normalized spacial score (nSPS) is 15.1. The molecule has 0 spiro atoms. The molecular formula is C11H16ClNO. The average Bonchev–Trinajstić information content (AvgIpc) is 2.16.